The molecule has 0 amide bonds. The summed E-state index contributed by atoms with van der Waals surface area (Å²) in [5.41, 5.74) is 0.761. The summed E-state index contributed by atoms with van der Waals surface area (Å²) in [4.78, 5) is 0. The third-order valence-electron chi connectivity index (χ3n) is 2.26. The van der Waals surface area contributed by atoms with E-state index in [2.05, 4.69) is 15.9 Å². The highest BCUT2D eigenvalue weighted by atomic mass is 79.9. The number of halogens is 2. The molecule has 1 atom stereocenters. The van der Waals surface area contributed by atoms with Crippen LogP contribution in [-0.4, -0.2) is 19.5 Å². The molecule has 0 saturated heterocycles. The Bertz CT molecular complexity index is 342. The Morgan fingerprint density at radius 2 is 2.00 bits per heavy atom. The molecule has 0 saturated carbocycles. The molecule has 2 nitrogen and oxygen atoms in total. The van der Waals surface area contributed by atoms with Gasteiger partial charge in [0.25, 0.3) is 0 Å². The van der Waals surface area contributed by atoms with Crippen LogP contribution in [0.1, 0.15) is 18.4 Å². The summed E-state index contributed by atoms with van der Waals surface area (Å²) < 4.78 is 23.7. The molecule has 15 heavy (non-hydrogen) atoms. The van der Waals surface area contributed by atoms with E-state index in [4.69, 9.17) is 9.47 Å². The lowest BCUT2D eigenvalue weighted by molar-refractivity contribution is 0.363. The summed E-state index contributed by atoms with van der Waals surface area (Å²) in [6, 6.07) is 2.97. The van der Waals surface area contributed by atoms with Crippen LogP contribution < -0.4 is 9.47 Å². The molecule has 1 rings (SSSR count). The minimum atomic E-state index is -0.360. The van der Waals surface area contributed by atoms with Crippen LogP contribution in [0.25, 0.3) is 0 Å². The number of rotatable bonds is 4. The maximum atomic E-state index is 13.5. The Kier molecular flexibility index (Phi) is 4.39. The van der Waals surface area contributed by atoms with Crippen LogP contribution in [0.4, 0.5) is 4.39 Å². The van der Waals surface area contributed by atoms with Crippen molar-refractivity contribution in [3.63, 3.8) is 0 Å². The van der Waals surface area contributed by atoms with E-state index in [1.54, 1.807) is 13.2 Å². The Balaban J connectivity index is 3.33. The van der Waals surface area contributed by atoms with Crippen LogP contribution in [0.5, 0.6) is 11.5 Å². The molecule has 0 radical (unpaired) electrons. The van der Waals surface area contributed by atoms with Crippen molar-refractivity contribution in [3.8, 4) is 11.5 Å². The van der Waals surface area contributed by atoms with Crippen LogP contribution in [0.2, 0.25) is 0 Å². The first kappa shape index (κ1) is 12.3. The van der Waals surface area contributed by atoms with Crippen LogP contribution in [0.15, 0.2) is 12.1 Å². The predicted molar refractivity (Wildman–Crippen MR) is 61.7 cm³/mol. The molecule has 0 spiro atoms. The summed E-state index contributed by atoms with van der Waals surface area (Å²) in [6.07, 6.45) is 0. The third-order valence-corrected chi connectivity index (χ3v) is 3.23. The van der Waals surface area contributed by atoms with E-state index in [0.29, 0.717) is 5.75 Å². The Morgan fingerprint density at radius 1 is 1.33 bits per heavy atom. The van der Waals surface area contributed by atoms with Gasteiger partial charge in [-0.15, -0.1) is 0 Å². The van der Waals surface area contributed by atoms with Gasteiger partial charge in [0.2, 0.25) is 0 Å². The largest absolute Gasteiger partial charge is 0.496 e. The topological polar surface area (TPSA) is 18.5 Å². The second kappa shape index (κ2) is 5.35. The predicted octanol–water partition coefficient (Wildman–Crippen LogP) is 3.34. The van der Waals surface area contributed by atoms with Gasteiger partial charge in [-0.05, 0) is 18.1 Å². The summed E-state index contributed by atoms with van der Waals surface area (Å²) >= 11 is 3.37. The summed E-state index contributed by atoms with van der Waals surface area (Å²) in [7, 11) is 3.03. The molecule has 1 unspecified atom stereocenters. The van der Waals surface area contributed by atoms with E-state index in [1.165, 1.54) is 13.2 Å². The van der Waals surface area contributed by atoms with Crippen molar-refractivity contribution < 1.29 is 13.9 Å². The average molecular weight is 277 g/mol. The number of hydrogen-bond acceptors (Lipinski definition) is 2. The van der Waals surface area contributed by atoms with E-state index < -0.39 is 0 Å². The van der Waals surface area contributed by atoms with Crippen molar-refractivity contribution in [2.75, 3.05) is 19.5 Å². The fraction of sp³-hybridized carbons (Fsp3) is 0.455. The summed E-state index contributed by atoms with van der Waals surface area (Å²) in [6.45, 7) is 1.98. The highest BCUT2D eigenvalue weighted by Crippen LogP contribution is 2.37. The van der Waals surface area contributed by atoms with E-state index in [9.17, 15) is 4.39 Å². The van der Waals surface area contributed by atoms with E-state index in [0.717, 1.165) is 10.9 Å². The third kappa shape index (κ3) is 2.43. The second-order valence-electron chi connectivity index (χ2n) is 3.25. The van der Waals surface area contributed by atoms with Crippen molar-refractivity contribution in [1.29, 1.82) is 0 Å². The molecule has 84 valence electrons. The van der Waals surface area contributed by atoms with Crippen LogP contribution in [0.3, 0.4) is 0 Å². The molecular formula is C11H14BrFO2. The van der Waals surface area contributed by atoms with E-state index >= 15 is 0 Å². The average Bonchev–Trinajstić information content (AvgIpc) is 2.27. The van der Waals surface area contributed by atoms with Crippen molar-refractivity contribution in [1.82, 2.24) is 0 Å². The first-order valence-electron chi connectivity index (χ1n) is 4.62. The molecule has 0 fully saturated rings. The second-order valence-corrected chi connectivity index (χ2v) is 3.90. The van der Waals surface area contributed by atoms with Gasteiger partial charge in [-0.1, -0.05) is 22.9 Å². The van der Waals surface area contributed by atoms with Crippen molar-refractivity contribution >= 4 is 15.9 Å². The summed E-state index contributed by atoms with van der Waals surface area (Å²) in [5.74, 6) is 0.688. The first-order valence-corrected chi connectivity index (χ1v) is 5.74. The van der Waals surface area contributed by atoms with Crippen molar-refractivity contribution in [2.24, 2.45) is 0 Å². The van der Waals surface area contributed by atoms with Crippen LogP contribution in [-0.2, 0) is 0 Å². The Morgan fingerprint density at radius 3 is 2.47 bits per heavy atom. The van der Waals surface area contributed by atoms with Gasteiger partial charge in [-0.3, -0.25) is 0 Å². The molecule has 0 aromatic heterocycles. The van der Waals surface area contributed by atoms with E-state index in [-0.39, 0.29) is 17.5 Å². The molecule has 0 aliphatic heterocycles. The van der Waals surface area contributed by atoms with Gasteiger partial charge in [-0.2, -0.15) is 0 Å². The van der Waals surface area contributed by atoms with E-state index in [1.807, 2.05) is 6.92 Å². The lowest BCUT2D eigenvalue weighted by Gasteiger charge is -2.17. The van der Waals surface area contributed by atoms with Gasteiger partial charge in [0.05, 0.1) is 14.2 Å². The minimum absolute atomic E-state index is 0.130. The lowest BCUT2D eigenvalue weighted by Crippen LogP contribution is -2.04. The van der Waals surface area contributed by atoms with Crippen molar-refractivity contribution in [3.05, 3.63) is 23.5 Å². The standard InChI is InChI=1S/C11H14BrFO2/c1-7(6-12)10-9(14-2)5-4-8(13)11(10)15-3/h4-5,7H,6H2,1-3H3. The monoisotopic (exact) mass is 276 g/mol. The normalized spacial score (nSPS) is 12.3. The minimum Gasteiger partial charge on any atom is -0.496 e. The number of hydrogen-bond donors (Lipinski definition) is 0. The maximum Gasteiger partial charge on any atom is 0.165 e. The molecule has 0 heterocycles. The zero-order valence-electron chi connectivity index (χ0n) is 9.01. The summed E-state index contributed by atoms with van der Waals surface area (Å²) in [5, 5.41) is 0.725. The van der Waals surface area contributed by atoms with Gasteiger partial charge in [0.15, 0.2) is 11.6 Å². The molecule has 1 aromatic rings. The van der Waals surface area contributed by atoms with Crippen LogP contribution in [0, 0.1) is 5.82 Å². The highest BCUT2D eigenvalue weighted by molar-refractivity contribution is 9.09. The van der Waals surface area contributed by atoms with Crippen molar-refractivity contribution in [2.45, 2.75) is 12.8 Å². The number of methoxy groups -OCH3 is 2. The smallest absolute Gasteiger partial charge is 0.165 e. The lowest BCUT2D eigenvalue weighted by atomic mass is 10.0. The molecule has 0 aliphatic rings. The molecular weight excluding hydrogens is 263 g/mol. The molecule has 0 bridgehead atoms. The Labute approximate surface area is 97.5 Å². The van der Waals surface area contributed by atoms with Gasteiger partial charge in [0, 0.05) is 10.9 Å². The Hall–Kier alpha value is -0.770. The highest BCUT2D eigenvalue weighted by Gasteiger charge is 2.19. The van der Waals surface area contributed by atoms with Gasteiger partial charge in [0.1, 0.15) is 5.75 Å². The van der Waals surface area contributed by atoms with Gasteiger partial charge >= 0.3 is 0 Å². The fourth-order valence-corrected chi connectivity index (χ4v) is 1.81. The molecule has 0 N–H and O–H groups in total. The fourth-order valence-electron chi connectivity index (χ4n) is 1.48. The molecule has 0 aliphatic carbocycles. The number of benzene rings is 1. The number of alkyl halides is 1. The zero-order valence-corrected chi connectivity index (χ0v) is 10.6. The molecule has 4 heteroatoms. The van der Waals surface area contributed by atoms with Gasteiger partial charge < -0.3 is 9.47 Å². The number of ether oxygens (including phenoxy) is 2. The zero-order chi connectivity index (χ0) is 11.4. The first-order chi connectivity index (χ1) is 7.15. The van der Waals surface area contributed by atoms with Gasteiger partial charge in [-0.25, -0.2) is 4.39 Å². The SMILES string of the molecule is COc1ccc(F)c(OC)c1C(C)CBr. The molecule has 1 aromatic carbocycles. The quantitative estimate of drug-likeness (QED) is 0.786. The van der Waals surface area contributed by atoms with Crippen LogP contribution >= 0.6 is 15.9 Å². The maximum absolute atomic E-state index is 13.5.